The second-order valence-electron chi connectivity index (χ2n) is 12.5. The van der Waals surface area contributed by atoms with Gasteiger partial charge in [-0.15, -0.1) is 0 Å². The Balaban J connectivity index is 1.11. The van der Waals surface area contributed by atoms with E-state index >= 15 is 0 Å². The summed E-state index contributed by atoms with van der Waals surface area (Å²) in [5, 5.41) is 12.6. The molecule has 0 atom stereocenters. The van der Waals surface area contributed by atoms with Crippen LogP contribution in [0.5, 0.6) is 0 Å². The van der Waals surface area contributed by atoms with E-state index in [1.54, 1.807) is 0 Å². The molecule has 9 rings (SSSR count). The van der Waals surface area contributed by atoms with Gasteiger partial charge < -0.3 is 4.42 Å². The fourth-order valence-corrected chi connectivity index (χ4v) is 6.86. The smallest absolute Gasteiger partial charge is 0.160 e. The minimum absolute atomic E-state index is 0.457. The fourth-order valence-electron chi connectivity index (χ4n) is 6.86. The molecule has 0 aliphatic heterocycles. The summed E-state index contributed by atoms with van der Waals surface area (Å²) in [6, 6.07) is 62.2. The summed E-state index contributed by atoms with van der Waals surface area (Å²) in [7, 11) is 0. The van der Waals surface area contributed by atoms with Crippen molar-refractivity contribution in [1.82, 2.24) is 9.97 Å². The molecule has 0 radical (unpaired) electrons. The fraction of sp³-hybridized carbons (Fsp3) is 0. The number of rotatable bonds is 6. The average Bonchev–Trinajstić information content (AvgIpc) is 3.60. The molecule has 0 saturated heterocycles. The maximum Gasteiger partial charge on any atom is 0.160 e. The molecule has 0 fully saturated rings. The maximum absolute atomic E-state index is 10.3. The molecule has 7 aromatic carbocycles. The first-order valence-corrected chi connectivity index (χ1v) is 16.9. The van der Waals surface area contributed by atoms with Gasteiger partial charge in [0.25, 0.3) is 0 Å². The zero-order valence-corrected chi connectivity index (χ0v) is 27.5. The van der Waals surface area contributed by atoms with Crippen molar-refractivity contribution in [2.75, 3.05) is 0 Å². The van der Waals surface area contributed by atoms with Crippen molar-refractivity contribution in [1.29, 1.82) is 5.26 Å². The molecule has 0 saturated carbocycles. The molecule has 0 bridgehead atoms. The van der Waals surface area contributed by atoms with Crippen molar-refractivity contribution in [3.63, 3.8) is 0 Å². The van der Waals surface area contributed by atoms with Crippen molar-refractivity contribution < 1.29 is 4.42 Å². The molecule has 0 unspecified atom stereocenters. The number of aromatic nitrogens is 2. The van der Waals surface area contributed by atoms with Gasteiger partial charge in [0.15, 0.2) is 5.82 Å². The Morgan fingerprint density at radius 3 is 1.47 bits per heavy atom. The van der Waals surface area contributed by atoms with Gasteiger partial charge in [0.05, 0.1) is 11.4 Å². The Hall–Kier alpha value is -7.09. The van der Waals surface area contributed by atoms with Crippen molar-refractivity contribution >= 4 is 21.9 Å². The van der Waals surface area contributed by atoms with Gasteiger partial charge in [0.1, 0.15) is 22.8 Å². The predicted octanol–water partition coefficient (Wildman–Crippen LogP) is 12.2. The standard InChI is InChI=1S/C47H29N3O/c48-30-42-44(31-13-3-1-4-14-31)49-47(50-45(42)32-15-5-2-6-16-32)38-22-11-20-36(29-38)34-18-9-17-33(27-34)35-19-10-21-37(28-35)39-24-12-25-41-40-23-7-8-26-43(40)51-46(39)41/h1-29H. The van der Waals surface area contributed by atoms with Crippen LogP contribution in [-0.4, -0.2) is 9.97 Å². The zero-order valence-electron chi connectivity index (χ0n) is 27.5. The van der Waals surface area contributed by atoms with Crippen LogP contribution in [0.15, 0.2) is 180 Å². The first-order valence-electron chi connectivity index (χ1n) is 16.9. The van der Waals surface area contributed by atoms with Crippen LogP contribution in [0, 0.1) is 11.3 Å². The highest BCUT2D eigenvalue weighted by molar-refractivity contribution is 6.09. The number of furan rings is 1. The molecule has 0 amide bonds. The van der Waals surface area contributed by atoms with Crippen LogP contribution in [0.4, 0.5) is 0 Å². The SMILES string of the molecule is N#Cc1c(-c2ccccc2)nc(-c2cccc(-c3cccc(-c4cccc(-c5cccc6c5oc5ccccc56)c4)c3)c2)nc1-c1ccccc1. The van der Waals surface area contributed by atoms with E-state index in [-0.39, 0.29) is 0 Å². The third-order valence-electron chi connectivity index (χ3n) is 9.34. The Labute approximate surface area is 295 Å². The topological polar surface area (TPSA) is 62.7 Å². The van der Waals surface area contributed by atoms with Crippen molar-refractivity contribution in [2.24, 2.45) is 0 Å². The first-order chi connectivity index (χ1) is 25.2. The molecule has 2 aromatic heterocycles. The molecule has 0 aliphatic carbocycles. The van der Waals surface area contributed by atoms with Gasteiger partial charge in [-0.3, -0.25) is 0 Å². The molecule has 0 spiro atoms. The van der Waals surface area contributed by atoms with Gasteiger partial charge in [-0.25, -0.2) is 9.97 Å². The number of nitriles is 1. The average molecular weight is 652 g/mol. The first kappa shape index (κ1) is 30.0. The molecule has 9 aromatic rings. The van der Waals surface area contributed by atoms with E-state index in [0.29, 0.717) is 22.8 Å². The summed E-state index contributed by atoms with van der Waals surface area (Å²) in [4.78, 5) is 10.0. The van der Waals surface area contributed by atoms with Crippen LogP contribution < -0.4 is 0 Å². The van der Waals surface area contributed by atoms with Crippen LogP contribution in [-0.2, 0) is 0 Å². The molecule has 0 aliphatic rings. The lowest BCUT2D eigenvalue weighted by atomic mass is 9.95. The number of fused-ring (bicyclic) bond motifs is 3. The minimum Gasteiger partial charge on any atom is -0.455 e. The summed E-state index contributed by atoms with van der Waals surface area (Å²) in [5.74, 6) is 0.567. The third-order valence-corrected chi connectivity index (χ3v) is 9.34. The van der Waals surface area contributed by atoms with Gasteiger partial charge in [-0.1, -0.05) is 152 Å². The molecule has 51 heavy (non-hydrogen) atoms. The van der Waals surface area contributed by atoms with Crippen LogP contribution in [0.2, 0.25) is 0 Å². The number of hydrogen-bond donors (Lipinski definition) is 0. The monoisotopic (exact) mass is 651 g/mol. The summed E-state index contributed by atoms with van der Waals surface area (Å²) in [6.07, 6.45) is 0. The largest absolute Gasteiger partial charge is 0.455 e. The Kier molecular flexibility index (Phi) is 7.50. The van der Waals surface area contributed by atoms with Crippen LogP contribution in [0.25, 0.3) is 89.2 Å². The number of nitrogens with zero attached hydrogens (tertiary/aromatic N) is 3. The number of para-hydroxylation sites is 2. The Morgan fingerprint density at radius 1 is 0.412 bits per heavy atom. The molecule has 2 heterocycles. The summed E-state index contributed by atoms with van der Waals surface area (Å²) >= 11 is 0. The maximum atomic E-state index is 10.3. The van der Waals surface area contributed by atoms with Crippen molar-refractivity contribution in [3.05, 3.63) is 181 Å². The van der Waals surface area contributed by atoms with E-state index in [4.69, 9.17) is 14.4 Å². The van der Waals surface area contributed by atoms with Gasteiger partial charge in [-0.05, 0) is 52.1 Å². The van der Waals surface area contributed by atoms with Crippen LogP contribution in [0.3, 0.4) is 0 Å². The van der Waals surface area contributed by atoms with E-state index in [9.17, 15) is 5.26 Å². The summed E-state index contributed by atoms with van der Waals surface area (Å²) in [5.41, 5.74) is 12.6. The van der Waals surface area contributed by atoms with E-state index in [2.05, 4.69) is 97.1 Å². The Bertz CT molecular complexity index is 2700. The van der Waals surface area contributed by atoms with Crippen LogP contribution in [0.1, 0.15) is 5.56 Å². The second-order valence-corrected chi connectivity index (χ2v) is 12.5. The zero-order chi connectivity index (χ0) is 34.1. The highest BCUT2D eigenvalue weighted by atomic mass is 16.3. The number of benzene rings is 7. The highest BCUT2D eigenvalue weighted by Gasteiger charge is 2.19. The molecular weight excluding hydrogens is 623 g/mol. The van der Waals surface area contributed by atoms with Gasteiger partial charge >= 0.3 is 0 Å². The lowest BCUT2D eigenvalue weighted by Gasteiger charge is -2.13. The van der Waals surface area contributed by atoms with Gasteiger partial charge in [0, 0.05) is 33.0 Å². The van der Waals surface area contributed by atoms with Gasteiger partial charge in [-0.2, -0.15) is 5.26 Å². The predicted molar refractivity (Wildman–Crippen MR) is 207 cm³/mol. The minimum atomic E-state index is 0.457. The van der Waals surface area contributed by atoms with E-state index in [1.165, 1.54) is 0 Å². The normalized spacial score (nSPS) is 11.1. The quantitative estimate of drug-likeness (QED) is 0.179. The van der Waals surface area contributed by atoms with Crippen molar-refractivity contribution in [2.45, 2.75) is 0 Å². The van der Waals surface area contributed by atoms with E-state index < -0.39 is 0 Å². The molecule has 4 heteroatoms. The lowest BCUT2D eigenvalue weighted by Crippen LogP contribution is -2.01. The summed E-state index contributed by atoms with van der Waals surface area (Å²) < 4.78 is 6.36. The van der Waals surface area contributed by atoms with E-state index in [0.717, 1.165) is 72.0 Å². The van der Waals surface area contributed by atoms with E-state index in [1.807, 2.05) is 84.9 Å². The Morgan fingerprint density at radius 2 is 0.863 bits per heavy atom. The highest BCUT2D eigenvalue weighted by Crippen LogP contribution is 2.38. The molecule has 4 nitrogen and oxygen atoms in total. The van der Waals surface area contributed by atoms with Gasteiger partial charge in [0.2, 0.25) is 0 Å². The third kappa shape index (κ3) is 5.53. The molecular formula is C47H29N3O. The molecule has 0 N–H and O–H groups in total. The molecule has 238 valence electrons. The van der Waals surface area contributed by atoms with Crippen LogP contribution >= 0.6 is 0 Å². The summed E-state index contributed by atoms with van der Waals surface area (Å²) in [6.45, 7) is 0. The van der Waals surface area contributed by atoms with Crippen molar-refractivity contribution in [3.8, 4) is 73.4 Å². The number of hydrogen-bond acceptors (Lipinski definition) is 4. The lowest BCUT2D eigenvalue weighted by molar-refractivity contribution is 0.670. The second kappa shape index (κ2) is 12.7.